The summed E-state index contributed by atoms with van der Waals surface area (Å²) in [4.78, 5) is 15.5. The number of nitriles is 1. The number of nitrogens with one attached hydrogen (secondary N) is 1. The van der Waals surface area contributed by atoms with E-state index in [1.54, 1.807) is 18.2 Å². The molecule has 5 nitrogen and oxygen atoms in total. The van der Waals surface area contributed by atoms with Crippen LogP contribution in [0.3, 0.4) is 0 Å². The number of pyridine rings is 1. The van der Waals surface area contributed by atoms with Crippen LogP contribution in [0.25, 0.3) is 0 Å². The number of carbonyl (C=O) groups excluding carboxylic acids is 1. The van der Waals surface area contributed by atoms with Crippen molar-refractivity contribution in [2.75, 3.05) is 7.11 Å². The molecule has 0 saturated carbocycles. The first kappa shape index (κ1) is 14.7. The lowest BCUT2D eigenvalue weighted by molar-refractivity contribution is 0.0600. The summed E-state index contributed by atoms with van der Waals surface area (Å²) in [5.41, 5.74) is 2.96. The molecule has 0 unspecified atom stereocenters. The molecule has 1 aromatic carbocycles. The van der Waals surface area contributed by atoms with Gasteiger partial charge in [-0.3, -0.25) is 4.98 Å². The Hall–Kier alpha value is -2.71. The third-order valence-electron chi connectivity index (χ3n) is 2.94. The molecular weight excluding hydrogens is 266 g/mol. The zero-order valence-corrected chi connectivity index (χ0v) is 11.7. The van der Waals surface area contributed by atoms with Crippen LogP contribution in [0.1, 0.15) is 27.2 Å². The maximum atomic E-state index is 11.3. The Balaban J connectivity index is 1.88. The van der Waals surface area contributed by atoms with E-state index in [0.717, 1.165) is 11.3 Å². The highest BCUT2D eigenvalue weighted by molar-refractivity contribution is 5.88. The van der Waals surface area contributed by atoms with Gasteiger partial charge in [0.05, 0.1) is 30.0 Å². The summed E-state index contributed by atoms with van der Waals surface area (Å²) < 4.78 is 4.62. The number of hydrogen-bond acceptors (Lipinski definition) is 5. The van der Waals surface area contributed by atoms with Gasteiger partial charge in [0.1, 0.15) is 0 Å². The predicted molar refractivity (Wildman–Crippen MR) is 77.3 cm³/mol. The molecule has 0 saturated heterocycles. The van der Waals surface area contributed by atoms with Gasteiger partial charge in [-0.1, -0.05) is 12.1 Å². The molecule has 0 atom stereocenters. The van der Waals surface area contributed by atoms with E-state index in [9.17, 15) is 4.79 Å². The van der Waals surface area contributed by atoms with Crippen molar-refractivity contribution >= 4 is 5.97 Å². The quantitative estimate of drug-likeness (QED) is 0.849. The lowest BCUT2D eigenvalue weighted by Crippen LogP contribution is -2.14. The molecule has 21 heavy (non-hydrogen) atoms. The zero-order chi connectivity index (χ0) is 15.1. The van der Waals surface area contributed by atoms with Crippen LogP contribution in [0.5, 0.6) is 0 Å². The van der Waals surface area contributed by atoms with Crippen molar-refractivity contribution in [3.05, 3.63) is 65.0 Å². The number of benzene rings is 1. The van der Waals surface area contributed by atoms with Crippen LogP contribution in [-0.2, 0) is 17.8 Å². The molecular formula is C16H15N3O2. The van der Waals surface area contributed by atoms with Crippen molar-refractivity contribution in [3.8, 4) is 6.07 Å². The second-order valence-corrected chi connectivity index (χ2v) is 4.45. The molecule has 5 heteroatoms. The maximum Gasteiger partial charge on any atom is 0.339 e. The van der Waals surface area contributed by atoms with Crippen LogP contribution in [0.2, 0.25) is 0 Å². The van der Waals surface area contributed by atoms with E-state index >= 15 is 0 Å². The number of carbonyl (C=O) groups is 1. The molecule has 106 valence electrons. The third kappa shape index (κ3) is 4.13. The average molecular weight is 281 g/mol. The van der Waals surface area contributed by atoms with Gasteiger partial charge in [0.15, 0.2) is 0 Å². The van der Waals surface area contributed by atoms with Gasteiger partial charge in [-0.2, -0.15) is 5.26 Å². The highest BCUT2D eigenvalue weighted by Crippen LogP contribution is 2.05. The Morgan fingerprint density at radius 3 is 2.86 bits per heavy atom. The van der Waals surface area contributed by atoms with Gasteiger partial charge < -0.3 is 10.1 Å². The summed E-state index contributed by atoms with van der Waals surface area (Å²) in [5, 5.41) is 12.1. The van der Waals surface area contributed by atoms with Crippen molar-refractivity contribution in [1.82, 2.24) is 10.3 Å². The minimum absolute atomic E-state index is 0.393. The van der Waals surface area contributed by atoms with E-state index in [1.165, 1.54) is 13.3 Å². The Bertz CT molecular complexity index is 660. The van der Waals surface area contributed by atoms with Crippen molar-refractivity contribution < 1.29 is 9.53 Å². The van der Waals surface area contributed by atoms with E-state index < -0.39 is 5.97 Å². The number of ether oxygens (including phenoxy) is 1. The number of methoxy groups -OCH3 is 1. The van der Waals surface area contributed by atoms with Crippen molar-refractivity contribution in [2.24, 2.45) is 0 Å². The largest absolute Gasteiger partial charge is 0.465 e. The average Bonchev–Trinajstić information content (AvgIpc) is 2.55. The van der Waals surface area contributed by atoms with Gasteiger partial charge >= 0.3 is 5.97 Å². The van der Waals surface area contributed by atoms with E-state index in [4.69, 9.17) is 5.26 Å². The van der Waals surface area contributed by atoms with Crippen LogP contribution in [0.15, 0.2) is 42.6 Å². The second kappa shape index (κ2) is 7.17. The minimum Gasteiger partial charge on any atom is -0.465 e. The van der Waals surface area contributed by atoms with Crippen LogP contribution in [0, 0.1) is 11.3 Å². The van der Waals surface area contributed by atoms with Gasteiger partial charge in [-0.15, -0.1) is 0 Å². The van der Waals surface area contributed by atoms with Gasteiger partial charge in [0, 0.05) is 19.3 Å². The van der Waals surface area contributed by atoms with Gasteiger partial charge in [0.2, 0.25) is 0 Å². The number of rotatable bonds is 5. The van der Waals surface area contributed by atoms with Gasteiger partial charge in [-0.25, -0.2) is 4.79 Å². The van der Waals surface area contributed by atoms with Crippen LogP contribution in [-0.4, -0.2) is 18.1 Å². The fourth-order valence-electron chi connectivity index (χ4n) is 1.85. The maximum absolute atomic E-state index is 11.3. The first-order valence-electron chi connectivity index (χ1n) is 6.46. The molecule has 2 rings (SSSR count). The number of hydrogen-bond donors (Lipinski definition) is 1. The van der Waals surface area contributed by atoms with Crippen LogP contribution >= 0.6 is 0 Å². The monoisotopic (exact) mass is 281 g/mol. The van der Waals surface area contributed by atoms with Crippen LogP contribution < -0.4 is 5.32 Å². The molecule has 0 amide bonds. The Morgan fingerprint density at radius 1 is 1.33 bits per heavy atom. The van der Waals surface area contributed by atoms with E-state index in [-0.39, 0.29) is 0 Å². The summed E-state index contributed by atoms with van der Waals surface area (Å²) in [7, 11) is 1.34. The second-order valence-electron chi connectivity index (χ2n) is 4.45. The normalized spacial score (nSPS) is 9.90. The van der Waals surface area contributed by atoms with Gasteiger partial charge in [0.25, 0.3) is 0 Å². The highest BCUT2D eigenvalue weighted by atomic mass is 16.5. The summed E-state index contributed by atoms with van der Waals surface area (Å²) in [6.07, 6.45) is 1.50. The van der Waals surface area contributed by atoms with Crippen molar-refractivity contribution in [3.63, 3.8) is 0 Å². The molecule has 0 bridgehead atoms. The molecule has 0 spiro atoms. The van der Waals surface area contributed by atoms with E-state index in [0.29, 0.717) is 24.2 Å². The molecule has 1 aromatic heterocycles. The zero-order valence-electron chi connectivity index (χ0n) is 11.7. The molecule has 0 aliphatic carbocycles. The van der Waals surface area contributed by atoms with Crippen LogP contribution in [0.4, 0.5) is 0 Å². The van der Waals surface area contributed by atoms with Crippen molar-refractivity contribution in [1.29, 1.82) is 5.26 Å². The number of nitrogens with zero attached hydrogens (tertiary/aromatic N) is 2. The number of aromatic nitrogens is 1. The molecule has 1 N–H and O–H groups in total. The summed E-state index contributed by atoms with van der Waals surface area (Å²) in [5.74, 6) is -0.393. The topological polar surface area (TPSA) is 75.0 Å². The first-order valence-corrected chi connectivity index (χ1v) is 6.46. The summed E-state index contributed by atoms with van der Waals surface area (Å²) >= 11 is 0. The molecule has 0 aliphatic heterocycles. The fourth-order valence-corrected chi connectivity index (χ4v) is 1.85. The molecule has 1 heterocycles. The SMILES string of the molecule is COC(=O)c1ccc(CNCc2cccc(C#N)c2)nc1. The molecule has 0 radical (unpaired) electrons. The molecule has 0 fully saturated rings. The third-order valence-corrected chi connectivity index (χ3v) is 2.94. The smallest absolute Gasteiger partial charge is 0.339 e. The first-order chi connectivity index (χ1) is 10.2. The van der Waals surface area contributed by atoms with E-state index in [2.05, 4.69) is 21.1 Å². The lowest BCUT2D eigenvalue weighted by atomic mass is 10.1. The molecule has 0 aliphatic rings. The van der Waals surface area contributed by atoms with E-state index in [1.807, 2.05) is 18.2 Å². The Kier molecular flexibility index (Phi) is 5.02. The predicted octanol–water partition coefficient (Wildman–Crippen LogP) is 2.03. The van der Waals surface area contributed by atoms with Gasteiger partial charge in [-0.05, 0) is 29.8 Å². The summed E-state index contributed by atoms with van der Waals surface area (Å²) in [6, 6.07) is 13.0. The lowest BCUT2D eigenvalue weighted by Gasteiger charge is -2.05. The fraction of sp³-hybridized carbons (Fsp3) is 0.188. The number of esters is 1. The molecule has 2 aromatic rings. The standard InChI is InChI=1S/C16H15N3O2/c1-21-16(20)14-5-6-15(19-10-14)11-18-9-13-4-2-3-12(7-13)8-17/h2-7,10,18H,9,11H2,1H3. The Labute approximate surface area is 123 Å². The van der Waals surface area contributed by atoms with Crippen molar-refractivity contribution in [2.45, 2.75) is 13.1 Å². The Morgan fingerprint density at radius 2 is 2.19 bits per heavy atom. The summed E-state index contributed by atoms with van der Waals surface area (Å²) in [6.45, 7) is 1.23. The minimum atomic E-state index is -0.393. The highest BCUT2D eigenvalue weighted by Gasteiger charge is 2.05.